The molecule has 0 atom stereocenters. The van der Waals surface area contributed by atoms with Crippen molar-refractivity contribution < 1.29 is 13.2 Å². The van der Waals surface area contributed by atoms with Crippen LogP contribution in [0.1, 0.15) is 30.0 Å². The van der Waals surface area contributed by atoms with Gasteiger partial charge in [0.15, 0.2) is 0 Å². The number of aryl methyl sites for hydroxylation is 3. The van der Waals surface area contributed by atoms with Crippen molar-refractivity contribution in [1.82, 2.24) is 0 Å². The number of carbonyl (C=O) groups excluding carboxylic acids is 1. The predicted octanol–water partition coefficient (Wildman–Crippen LogP) is 3.40. The van der Waals surface area contributed by atoms with E-state index in [1.165, 1.54) is 0 Å². The largest absolute Gasteiger partial charge is 0.312 e. The number of hydrogen-bond donors (Lipinski definition) is 1. The Morgan fingerprint density at radius 2 is 1.88 bits per heavy atom. The number of fused-ring (bicyclic) bond motifs is 1. The molecule has 1 heterocycles. The molecule has 2 aromatic carbocycles. The lowest BCUT2D eigenvalue weighted by molar-refractivity contribution is -0.116. The van der Waals surface area contributed by atoms with Crippen molar-refractivity contribution in [2.75, 3.05) is 16.2 Å². The second kappa shape index (κ2) is 6.52. The van der Waals surface area contributed by atoms with Crippen LogP contribution in [0.5, 0.6) is 0 Å². The Balaban J connectivity index is 1.93. The number of nitrogens with one attached hydrogen (secondary N) is 1. The molecule has 1 aliphatic rings. The van der Waals surface area contributed by atoms with Gasteiger partial charge in [-0.05, 0) is 67.6 Å². The summed E-state index contributed by atoms with van der Waals surface area (Å²) in [5, 5.41) is 0. The Morgan fingerprint density at radius 1 is 1.12 bits per heavy atom. The summed E-state index contributed by atoms with van der Waals surface area (Å²) in [6.45, 7) is 5.90. The van der Waals surface area contributed by atoms with Crippen molar-refractivity contribution in [3.8, 4) is 0 Å². The van der Waals surface area contributed by atoms with Crippen LogP contribution in [-0.2, 0) is 21.2 Å². The van der Waals surface area contributed by atoms with E-state index >= 15 is 0 Å². The molecular weight excluding hydrogens is 336 g/mol. The van der Waals surface area contributed by atoms with E-state index in [-0.39, 0.29) is 10.8 Å². The van der Waals surface area contributed by atoms with Crippen LogP contribution in [0, 0.1) is 13.8 Å². The average Bonchev–Trinajstić information content (AvgIpc) is 2.55. The maximum Gasteiger partial charge on any atom is 0.262 e. The quantitative estimate of drug-likeness (QED) is 0.914. The van der Waals surface area contributed by atoms with E-state index in [1.807, 2.05) is 31.2 Å². The van der Waals surface area contributed by atoms with Crippen molar-refractivity contribution in [2.45, 2.75) is 38.5 Å². The maximum absolute atomic E-state index is 12.7. The first-order valence-corrected chi connectivity index (χ1v) is 9.77. The summed E-state index contributed by atoms with van der Waals surface area (Å²) in [4.78, 5) is 13.8. The average molecular weight is 358 g/mol. The van der Waals surface area contributed by atoms with Gasteiger partial charge in [0, 0.05) is 24.8 Å². The molecule has 0 saturated carbocycles. The Morgan fingerprint density at radius 3 is 2.60 bits per heavy atom. The van der Waals surface area contributed by atoms with E-state index in [0.29, 0.717) is 17.8 Å². The van der Waals surface area contributed by atoms with Crippen molar-refractivity contribution >= 4 is 27.3 Å². The topological polar surface area (TPSA) is 66.5 Å². The fourth-order valence-corrected chi connectivity index (χ4v) is 4.57. The van der Waals surface area contributed by atoms with Gasteiger partial charge in [-0.1, -0.05) is 12.1 Å². The monoisotopic (exact) mass is 358 g/mol. The number of amides is 1. The third kappa shape index (κ3) is 3.54. The van der Waals surface area contributed by atoms with E-state index < -0.39 is 10.0 Å². The van der Waals surface area contributed by atoms with Gasteiger partial charge in [-0.2, -0.15) is 0 Å². The molecule has 0 fully saturated rings. The highest BCUT2D eigenvalue weighted by Gasteiger charge is 2.22. The van der Waals surface area contributed by atoms with Crippen LogP contribution in [-0.4, -0.2) is 20.9 Å². The second-order valence-corrected chi connectivity index (χ2v) is 8.14. The highest BCUT2D eigenvalue weighted by Crippen LogP contribution is 2.31. The van der Waals surface area contributed by atoms with Gasteiger partial charge in [0.2, 0.25) is 5.91 Å². The van der Waals surface area contributed by atoms with Gasteiger partial charge in [0.1, 0.15) is 0 Å². The molecule has 5 nitrogen and oxygen atoms in total. The number of nitrogens with zero attached hydrogens (tertiary/aromatic N) is 1. The number of hydrogen-bond acceptors (Lipinski definition) is 3. The van der Waals surface area contributed by atoms with Crippen LogP contribution >= 0.6 is 0 Å². The molecule has 0 unspecified atom stereocenters. The van der Waals surface area contributed by atoms with Crippen LogP contribution in [0.4, 0.5) is 11.4 Å². The minimum absolute atomic E-state index is 0.00432. The minimum atomic E-state index is -3.65. The second-order valence-electron chi connectivity index (χ2n) is 6.49. The maximum atomic E-state index is 12.7. The fourth-order valence-electron chi connectivity index (χ4n) is 3.19. The molecular formula is C19H22N2O3S. The number of carbonyl (C=O) groups is 1. The van der Waals surface area contributed by atoms with Gasteiger partial charge < -0.3 is 4.90 Å². The highest BCUT2D eigenvalue weighted by molar-refractivity contribution is 7.92. The molecule has 6 heteroatoms. The van der Waals surface area contributed by atoms with Crippen molar-refractivity contribution in [2.24, 2.45) is 0 Å². The van der Waals surface area contributed by atoms with Gasteiger partial charge in [0.05, 0.1) is 4.90 Å². The first-order chi connectivity index (χ1) is 11.8. The first-order valence-electron chi connectivity index (χ1n) is 8.29. The number of sulfonamides is 1. The van der Waals surface area contributed by atoms with Crippen LogP contribution in [0.3, 0.4) is 0 Å². The Bertz CT molecular complexity index is 936. The molecule has 2 aromatic rings. The third-order valence-electron chi connectivity index (χ3n) is 4.46. The Hall–Kier alpha value is -2.34. The molecule has 1 amide bonds. The van der Waals surface area contributed by atoms with Crippen molar-refractivity contribution in [3.05, 3.63) is 53.1 Å². The summed E-state index contributed by atoms with van der Waals surface area (Å²) in [6, 6.07) is 10.7. The molecule has 132 valence electrons. The van der Waals surface area contributed by atoms with E-state index in [9.17, 15) is 13.2 Å². The Kier molecular flexibility index (Phi) is 4.56. The zero-order valence-electron chi connectivity index (χ0n) is 14.7. The number of rotatable bonds is 3. The van der Waals surface area contributed by atoms with Gasteiger partial charge in [-0.25, -0.2) is 8.42 Å². The normalized spacial score (nSPS) is 14.1. The zero-order valence-corrected chi connectivity index (χ0v) is 15.5. The van der Waals surface area contributed by atoms with E-state index in [0.717, 1.165) is 29.7 Å². The van der Waals surface area contributed by atoms with Gasteiger partial charge in [-0.3, -0.25) is 9.52 Å². The van der Waals surface area contributed by atoms with Crippen LogP contribution in [0.15, 0.2) is 41.3 Å². The lowest BCUT2D eigenvalue weighted by Gasteiger charge is -2.29. The third-order valence-corrected chi connectivity index (χ3v) is 5.99. The summed E-state index contributed by atoms with van der Waals surface area (Å²) >= 11 is 0. The molecule has 0 aromatic heterocycles. The zero-order chi connectivity index (χ0) is 18.2. The Labute approximate surface area is 148 Å². The number of anilines is 2. The summed E-state index contributed by atoms with van der Waals surface area (Å²) in [7, 11) is -3.65. The summed E-state index contributed by atoms with van der Waals surface area (Å²) < 4.78 is 28.1. The van der Waals surface area contributed by atoms with Crippen molar-refractivity contribution in [1.29, 1.82) is 0 Å². The van der Waals surface area contributed by atoms with Gasteiger partial charge in [0.25, 0.3) is 10.0 Å². The van der Waals surface area contributed by atoms with E-state index in [2.05, 4.69) is 4.72 Å². The highest BCUT2D eigenvalue weighted by atomic mass is 32.2. The van der Waals surface area contributed by atoms with E-state index in [4.69, 9.17) is 0 Å². The summed E-state index contributed by atoms with van der Waals surface area (Å²) in [6.07, 6.45) is 1.71. The summed E-state index contributed by atoms with van der Waals surface area (Å²) in [5.74, 6) is 0.00432. The van der Waals surface area contributed by atoms with Crippen molar-refractivity contribution in [3.63, 3.8) is 0 Å². The van der Waals surface area contributed by atoms with Gasteiger partial charge in [-0.15, -0.1) is 0 Å². The van der Waals surface area contributed by atoms with Gasteiger partial charge >= 0.3 is 0 Å². The molecule has 0 spiro atoms. The molecule has 3 rings (SSSR count). The molecule has 1 N–H and O–H groups in total. The predicted molar refractivity (Wildman–Crippen MR) is 99.5 cm³/mol. The molecule has 0 bridgehead atoms. The van der Waals surface area contributed by atoms with E-state index in [1.54, 1.807) is 30.9 Å². The fraction of sp³-hybridized carbons (Fsp3) is 0.316. The molecule has 0 aliphatic carbocycles. The SMILES string of the molecule is CC(=O)N1CCCc2cc(NS(=O)(=O)c3cc(C)ccc3C)ccc21. The lowest BCUT2D eigenvalue weighted by atomic mass is 10.0. The standard InChI is InChI=1S/C19H22N2O3S/c1-13-6-7-14(2)19(11-13)25(23,24)20-17-8-9-18-16(12-17)5-4-10-21(18)15(3)22/h6-9,11-12,20H,4-5,10H2,1-3H3. The lowest BCUT2D eigenvalue weighted by Crippen LogP contribution is -2.33. The molecule has 0 radical (unpaired) electrons. The van der Waals surface area contributed by atoms with Crippen LogP contribution in [0.25, 0.3) is 0 Å². The molecule has 0 saturated heterocycles. The first kappa shape index (κ1) is 17.5. The number of benzene rings is 2. The smallest absolute Gasteiger partial charge is 0.262 e. The summed E-state index contributed by atoms with van der Waals surface area (Å²) in [5.41, 5.74) is 3.98. The van der Waals surface area contributed by atoms with Crippen LogP contribution < -0.4 is 9.62 Å². The molecule has 1 aliphatic heterocycles. The van der Waals surface area contributed by atoms with Crippen LogP contribution in [0.2, 0.25) is 0 Å². The minimum Gasteiger partial charge on any atom is -0.312 e. The molecule has 25 heavy (non-hydrogen) atoms.